The molecule has 0 radical (unpaired) electrons. The first kappa shape index (κ1) is 27.0. The monoisotopic (exact) mass is 551 g/mol. The predicted octanol–water partition coefficient (Wildman–Crippen LogP) is 5.74. The summed E-state index contributed by atoms with van der Waals surface area (Å²) in [7, 11) is -3.91. The quantitative estimate of drug-likeness (QED) is 0.439. The van der Waals surface area contributed by atoms with Crippen molar-refractivity contribution in [3.63, 3.8) is 0 Å². The highest BCUT2D eigenvalue weighted by molar-refractivity contribution is 7.89. The number of anilines is 2. The Kier molecular flexibility index (Phi) is 7.55. The van der Waals surface area contributed by atoms with Crippen molar-refractivity contribution in [3.8, 4) is 0 Å². The van der Waals surface area contributed by atoms with Gasteiger partial charge < -0.3 is 10.2 Å². The zero-order chi connectivity index (χ0) is 27.0. The minimum absolute atomic E-state index is 0.0417. The first-order valence-electron chi connectivity index (χ1n) is 11.5. The number of aryl methyl sites for hydroxylation is 2. The number of halogens is 4. The molecule has 3 aromatic carbocycles. The van der Waals surface area contributed by atoms with Crippen LogP contribution in [-0.2, 0) is 16.2 Å². The van der Waals surface area contributed by atoms with Gasteiger partial charge >= 0.3 is 6.18 Å². The lowest BCUT2D eigenvalue weighted by atomic mass is 10.1. The van der Waals surface area contributed by atoms with Crippen LogP contribution in [-0.4, -0.2) is 44.8 Å². The van der Waals surface area contributed by atoms with Gasteiger partial charge in [0, 0.05) is 48.1 Å². The van der Waals surface area contributed by atoms with E-state index in [-0.39, 0.29) is 29.2 Å². The molecule has 37 heavy (non-hydrogen) atoms. The molecule has 1 fully saturated rings. The molecule has 3 aromatic rings. The van der Waals surface area contributed by atoms with Crippen LogP contribution in [0.4, 0.5) is 24.5 Å². The summed E-state index contributed by atoms with van der Waals surface area (Å²) in [4.78, 5) is 14.9. The van der Waals surface area contributed by atoms with E-state index < -0.39 is 27.7 Å². The minimum Gasteiger partial charge on any atom is -0.369 e. The lowest BCUT2D eigenvalue weighted by molar-refractivity contribution is -0.137. The van der Waals surface area contributed by atoms with Crippen molar-refractivity contribution in [2.24, 2.45) is 0 Å². The summed E-state index contributed by atoms with van der Waals surface area (Å²) in [6, 6.07) is 14.0. The minimum atomic E-state index is -4.56. The van der Waals surface area contributed by atoms with E-state index in [2.05, 4.69) is 10.2 Å². The van der Waals surface area contributed by atoms with Gasteiger partial charge in [0.05, 0.1) is 10.5 Å². The van der Waals surface area contributed by atoms with Crippen molar-refractivity contribution in [2.75, 3.05) is 36.4 Å². The van der Waals surface area contributed by atoms with E-state index in [4.69, 9.17) is 11.6 Å². The van der Waals surface area contributed by atoms with E-state index in [1.54, 1.807) is 13.0 Å². The Morgan fingerprint density at radius 1 is 0.919 bits per heavy atom. The van der Waals surface area contributed by atoms with Crippen LogP contribution < -0.4 is 10.2 Å². The number of hydrogen-bond acceptors (Lipinski definition) is 4. The number of carbonyl (C=O) groups is 1. The van der Waals surface area contributed by atoms with E-state index in [0.29, 0.717) is 23.7 Å². The van der Waals surface area contributed by atoms with E-state index in [1.165, 1.54) is 34.6 Å². The Hall–Kier alpha value is -3.08. The van der Waals surface area contributed by atoms with E-state index in [0.717, 1.165) is 23.4 Å². The number of amides is 1. The molecule has 1 aliphatic rings. The summed E-state index contributed by atoms with van der Waals surface area (Å²) in [6.45, 7) is 5.02. The molecule has 6 nitrogen and oxygen atoms in total. The molecular formula is C26H25ClF3N3O3S. The largest absolute Gasteiger partial charge is 0.416 e. The average molecular weight is 552 g/mol. The maximum atomic E-state index is 13.4. The van der Waals surface area contributed by atoms with Gasteiger partial charge in [-0.25, -0.2) is 8.42 Å². The second kappa shape index (κ2) is 10.4. The summed E-state index contributed by atoms with van der Waals surface area (Å²) in [5, 5.41) is 3.04. The number of rotatable bonds is 5. The molecule has 1 aliphatic heterocycles. The normalized spacial score (nSPS) is 15.0. The van der Waals surface area contributed by atoms with Crippen LogP contribution in [0, 0.1) is 13.8 Å². The maximum Gasteiger partial charge on any atom is 0.416 e. The molecule has 1 N–H and O–H groups in total. The number of alkyl halides is 3. The van der Waals surface area contributed by atoms with Crippen LogP contribution in [0.1, 0.15) is 27.0 Å². The van der Waals surface area contributed by atoms with Crippen LogP contribution in [0.5, 0.6) is 0 Å². The molecule has 1 saturated heterocycles. The number of piperazine rings is 1. The molecule has 0 atom stereocenters. The Labute approximate surface area is 218 Å². The maximum absolute atomic E-state index is 13.4. The summed E-state index contributed by atoms with van der Waals surface area (Å²) in [5.41, 5.74) is 1.60. The number of benzene rings is 3. The van der Waals surface area contributed by atoms with Crippen LogP contribution in [0.2, 0.25) is 5.02 Å². The molecule has 0 unspecified atom stereocenters. The van der Waals surface area contributed by atoms with Crippen LogP contribution in [0.15, 0.2) is 65.6 Å². The molecule has 1 amide bonds. The summed E-state index contributed by atoms with van der Waals surface area (Å²) >= 11 is 6.13. The molecule has 1 heterocycles. The van der Waals surface area contributed by atoms with Gasteiger partial charge in [-0.2, -0.15) is 17.5 Å². The standard InChI is InChI=1S/C26H25ClF3N3O3S/c1-17-7-9-22(16-23(17)25(34)31-21-5-3-4-19(14-21)26(28,29)30)37(35,36)33-12-10-32(11-13-33)24-15-20(27)8-6-18(24)2/h3-9,14-16H,10-13H2,1-2H3,(H,31,34). The zero-order valence-corrected chi connectivity index (χ0v) is 21.7. The van der Waals surface area contributed by atoms with Gasteiger partial charge in [0.1, 0.15) is 0 Å². The Bertz CT molecular complexity index is 1440. The highest BCUT2D eigenvalue weighted by Crippen LogP contribution is 2.31. The molecule has 11 heteroatoms. The first-order chi connectivity index (χ1) is 17.4. The van der Waals surface area contributed by atoms with Crippen molar-refractivity contribution >= 4 is 38.9 Å². The smallest absolute Gasteiger partial charge is 0.369 e. The fourth-order valence-corrected chi connectivity index (χ4v) is 5.83. The lowest BCUT2D eigenvalue weighted by Gasteiger charge is -2.36. The van der Waals surface area contributed by atoms with Gasteiger partial charge in [-0.1, -0.05) is 29.8 Å². The van der Waals surface area contributed by atoms with E-state index in [1.807, 2.05) is 19.1 Å². The third-order valence-corrected chi connectivity index (χ3v) is 8.42. The number of carbonyl (C=O) groups excluding carboxylic acids is 1. The molecule has 196 valence electrons. The second-order valence-electron chi connectivity index (χ2n) is 8.83. The van der Waals surface area contributed by atoms with Crippen molar-refractivity contribution < 1.29 is 26.4 Å². The van der Waals surface area contributed by atoms with E-state index >= 15 is 0 Å². The summed E-state index contributed by atoms with van der Waals surface area (Å²) < 4.78 is 67.2. The molecule has 0 aromatic heterocycles. The lowest BCUT2D eigenvalue weighted by Crippen LogP contribution is -2.48. The van der Waals surface area contributed by atoms with Gasteiger partial charge in [0.25, 0.3) is 5.91 Å². The van der Waals surface area contributed by atoms with Crippen molar-refractivity contribution in [1.29, 1.82) is 0 Å². The summed E-state index contributed by atoms with van der Waals surface area (Å²) in [6.07, 6.45) is -4.56. The number of hydrogen-bond donors (Lipinski definition) is 1. The van der Waals surface area contributed by atoms with Gasteiger partial charge in [-0.05, 0) is 67.4 Å². The second-order valence-corrected chi connectivity index (χ2v) is 11.2. The Morgan fingerprint density at radius 2 is 1.59 bits per heavy atom. The third kappa shape index (κ3) is 5.92. The SMILES string of the molecule is Cc1ccc(S(=O)(=O)N2CCN(c3cc(Cl)ccc3C)CC2)cc1C(=O)Nc1cccc(C(F)(F)F)c1. The zero-order valence-electron chi connectivity index (χ0n) is 20.1. The van der Waals surface area contributed by atoms with Crippen molar-refractivity contribution in [2.45, 2.75) is 24.9 Å². The number of nitrogens with zero attached hydrogens (tertiary/aromatic N) is 2. The molecule has 0 spiro atoms. The predicted molar refractivity (Wildman–Crippen MR) is 138 cm³/mol. The molecule has 0 bridgehead atoms. The Balaban J connectivity index is 1.51. The number of sulfonamides is 1. The van der Waals surface area contributed by atoms with Gasteiger partial charge in [-0.3, -0.25) is 4.79 Å². The van der Waals surface area contributed by atoms with Gasteiger partial charge in [-0.15, -0.1) is 0 Å². The fraction of sp³-hybridized carbons (Fsp3) is 0.269. The number of nitrogens with one attached hydrogen (secondary N) is 1. The highest BCUT2D eigenvalue weighted by Gasteiger charge is 2.31. The van der Waals surface area contributed by atoms with Gasteiger partial charge in [0.15, 0.2) is 0 Å². The van der Waals surface area contributed by atoms with Crippen LogP contribution in [0.3, 0.4) is 0 Å². The molecule has 0 saturated carbocycles. The molecule has 0 aliphatic carbocycles. The third-order valence-electron chi connectivity index (χ3n) is 6.29. The van der Waals surface area contributed by atoms with Crippen LogP contribution >= 0.6 is 11.6 Å². The van der Waals surface area contributed by atoms with Crippen molar-refractivity contribution in [1.82, 2.24) is 4.31 Å². The van der Waals surface area contributed by atoms with Gasteiger partial charge in [0.2, 0.25) is 10.0 Å². The average Bonchev–Trinajstić information content (AvgIpc) is 2.85. The van der Waals surface area contributed by atoms with Crippen molar-refractivity contribution in [3.05, 3.63) is 87.9 Å². The first-order valence-corrected chi connectivity index (χ1v) is 13.3. The molecule has 4 rings (SSSR count). The Morgan fingerprint density at radius 3 is 2.27 bits per heavy atom. The summed E-state index contributed by atoms with van der Waals surface area (Å²) in [5.74, 6) is -0.699. The van der Waals surface area contributed by atoms with Crippen LogP contribution in [0.25, 0.3) is 0 Å². The fourth-order valence-electron chi connectivity index (χ4n) is 4.22. The topological polar surface area (TPSA) is 69.7 Å². The highest BCUT2D eigenvalue weighted by atomic mass is 35.5. The van der Waals surface area contributed by atoms with E-state index in [9.17, 15) is 26.4 Å². The molecular weight excluding hydrogens is 527 g/mol.